The predicted octanol–water partition coefficient (Wildman–Crippen LogP) is 5.57. The fourth-order valence-corrected chi connectivity index (χ4v) is 3.11. The minimum absolute atomic E-state index is 0.261. The summed E-state index contributed by atoms with van der Waals surface area (Å²) in [5.41, 5.74) is 1.90. The Morgan fingerprint density at radius 1 is 0.806 bits per heavy atom. The van der Waals surface area contributed by atoms with Crippen molar-refractivity contribution in [3.05, 3.63) is 95.4 Å². The Labute approximate surface area is 184 Å². The molecule has 0 fully saturated rings. The molecule has 0 saturated heterocycles. The highest BCUT2D eigenvalue weighted by Gasteiger charge is 2.10. The first kappa shape index (κ1) is 20.3. The van der Waals surface area contributed by atoms with Crippen LogP contribution in [0, 0.1) is 6.92 Å². The first-order chi connectivity index (χ1) is 15.1. The van der Waals surface area contributed by atoms with Gasteiger partial charge < -0.3 is 16.0 Å². The molecule has 4 aromatic rings. The van der Waals surface area contributed by atoms with E-state index in [0.717, 1.165) is 5.69 Å². The molecule has 2 aromatic carbocycles. The molecule has 0 bridgehead atoms. The molecule has 154 valence electrons. The Hall–Kier alpha value is -3.97. The monoisotopic (exact) mass is 430 g/mol. The molecule has 0 aliphatic carbocycles. The number of halogens is 1. The standard InChI is InChI=1S/C23H19ClN6O/c1-15-26-21(14-22(27-15)30-20-8-4-5-13-25-20)28-16-9-11-17(12-10-16)29-23(31)18-6-2-3-7-19(18)24/h2-14H,1H3,(H,29,31)(H2,25,26,27,28,30). The maximum Gasteiger partial charge on any atom is 0.257 e. The SMILES string of the molecule is Cc1nc(Nc2ccc(NC(=O)c3ccccc3Cl)cc2)cc(Nc2ccccn2)n1. The molecule has 7 nitrogen and oxygen atoms in total. The first-order valence-electron chi connectivity index (χ1n) is 9.53. The topological polar surface area (TPSA) is 91.8 Å². The van der Waals surface area contributed by atoms with Gasteiger partial charge in [0.2, 0.25) is 0 Å². The summed E-state index contributed by atoms with van der Waals surface area (Å²) < 4.78 is 0. The number of nitrogens with zero attached hydrogens (tertiary/aromatic N) is 3. The molecule has 2 heterocycles. The predicted molar refractivity (Wildman–Crippen MR) is 123 cm³/mol. The van der Waals surface area contributed by atoms with Crippen molar-refractivity contribution >= 4 is 46.3 Å². The molecule has 0 radical (unpaired) electrons. The minimum Gasteiger partial charge on any atom is -0.340 e. The van der Waals surface area contributed by atoms with Gasteiger partial charge in [-0.05, 0) is 55.5 Å². The number of aryl methyl sites for hydroxylation is 1. The van der Waals surface area contributed by atoms with Gasteiger partial charge in [0.25, 0.3) is 5.91 Å². The summed E-state index contributed by atoms with van der Waals surface area (Å²) in [6.45, 7) is 1.82. The number of nitrogens with one attached hydrogen (secondary N) is 3. The Kier molecular flexibility index (Phi) is 6.05. The highest BCUT2D eigenvalue weighted by atomic mass is 35.5. The Bertz CT molecular complexity index is 1200. The lowest BCUT2D eigenvalue weighted by Crippen LogP contribution is -2.12. The number of benzene rings is 2. The molecular weight excluding hydrogens is 412 g/mol. The normalized spacial score (nSPS) is 10.4. The molecule has 0 unspecified atom stereocenters. The lowest BCUT2D eigenvalue weighted by atomic mass is 10.2. The van der Waals surface area contributed by atoms with Gasteiger partial charge >= 0.3 is 0 Å². The second kappa shape index (κ2) is 9.23. The van der Waals surface area contributed by atoms with Crippen LogP contribution in [-0.4, -0.2) is 20.9 Å². The maximum atomic E-state index is 12.4. The molecule has 0 spiro atoms. The summed E-state index contributed by atoms with van der Waals surface area (Å²) in [7, 11) is 0. The van der Waals surface area contributed by atoms with Gasteiger partial charge in [-0.1, -0.05) is 29.8 Å². The van der Waals surface area contributed by atoms with Crippen molar-refractivity contribution in [2.75, 3.05) is 16.0 Å². The summed E-state index contributed by atoms with van der Waals surface area (Å²) in [5, 5.41) is 9.66. The van der Waals surface area contributed by atoms with Gasteiger partial charge in [-0.15, -0.1) is 0 Å². The van der Waals surface area contributed by atoms with Gasteiger partial charge in [0.15, 0.2) is 0 Å². The lowest BCUT2D eigenvalue weighted by Gasteiger charge is -2.11. The van der Waals surface area contributed by atoms with Crippen molar-refractivity contribution in [3.8, 4) is 0 Å². The quantitative estimate of drug-likeness (QED) is 0.370. The highest BCUT2D eigenvalue weighted by molar-refractivity contribution is 6.34. The summed E-state index contributed by atoms with van der Waals surface area (Å²) in [4.78, 5) is 25.5. The Morgan fingerprint density at radius 2 is 1.48 bits per heavy atom. The number of aromatic nitrogens is 3. The van der Waals surface area contributed by atoms with Gasteiger partial charge in [-0.2, -0.15) is 0 Å². The van der Waals surface area contributed by atoms with Crippen LogP contribution in [0.1, 0.15) is 16.2 Å². The van der Waals surface area contributed by atoms with Gasteiger partial charge in [-0.3, -0.25) is 4.79 Å². The van der Waals surface area contributed by atoms with Crippen LogP contribution in [0.3, 0.4) is 0 Å². The minimum atomic E-state index is -0.261. The number of carbonyl (C=O) groups excluding carboxylic acids is 1. The van der Waals surface area contributed by atoms with Crippen molar-refractivity contribution in [1.82, 2.24) is 15.0 Å². The van der Waals surface area contributed by atoms with Crippen molar-refractivity contribution in [1.29, 1.82) is 0 Å². The van der Waals surface area contributed by atoms with Gasteiger partial charge in [0.1, 0.15) is 23.3 Å². The third kappa shape index (κ3) is 5.34. The third-order valence-electron chi connectivity index (χ3n) is 4.29. The van der Waals surface area contributed by atoms with Crippen LogP contribution in [0.5, 0.6) is 0 Å². The van der Waals surface area contributed by atoms with E-state index in [1.165, 1.54) is 0 Å². The van der Waals surface area contributed by atoms with Crippen LogP contribution in [0.4, 0.5) is 28.8 Å². The van der Waals surface area contributed by atoms with Gasteiger partial charge in [0.05, 0.1) is 10.6 Å². The number of amides is 1. The van der Waals surface area contributed by atoms with Crippen LogP contribution < -0.4 is 16.0 Å². The molecule has 0 saturated carbocycles. The molecule has 8 heteroatoms. The number of anilines is 5. The van der Waals surface area contributed by atoms with Crippen LogP contribution in [-0.2, 0) is 0 Å². The number of carbonyl (C=O) groups is 1. The number of rotatable bonds is 6. The molecule has 0 aliphatic rings. The first-order valence-corrected chi connectivity index (χ1v) is 9.91. The van der Waals surface area contributed by atoms with Gasteiger partial charge in [0, 0.05) is 23.6 Å². The van der Waals surface area contributed by atoms with E-state index >= 15 is 0 Å². The zero-order valence-corrected chi connectivity index (χ0v) is 17.4. The average molecular weight is 431 g/mol. The average Bonchev–Trinajstić information content (AvgIpc) is 2.76. The Balaban J connectivity index is 1.44. The van der Waals surface area contributed by atoms with Crippen molar-refractivity contribution in [2.24, 2.45) is 0 Å². The van der Waals surface area contributed by atoms with Gasteiger partial charge in [-0.25, -0.2) is 15.0 Å². The summed E-state index contributed by atoms with van der Waals surface area (Å²) in [6, 6.07) is 21.6. The van der Waals surface area contributed by atoms with E-state index in [-0.39, 0.29) is 5.91 Å². The van der Waals surface area contributed by atoms with E-state index in [2.05, 4.69) is 30.9 Å². The second-order valence-electron chi connectivity index (χ2n) is 6.66. The zero-order chi connectivity index (χ0) is 21.6. The van der Waals surface area contributed by atoms with E-state index < -0.39 is 0 Å². The molecule has 0 atom stereocenters. The summed E-state index contributed by atoms with van der Waals surface area (Å²) >= 11 is 6.09. The largest absolute Gasteiger partial charge is 0.340 e. The molecule has 3 N–H and O–H groups in total. The van der Waals surface area contributed by atoms with E-state index in [4.69, 9.17) is 11.6 Å². The molecular formula is C23H19ClN6O. The lowest BCUT2D eigenvalue weighted by molar-refractivity contribution is 0.102. The summed E-state index contributed by atoms with van der Waals surface area (Å²) in [5.74, 6) is 2.33. The van der Waals surface area contributed by atoms with E-state index in [1.807, 2.05) is 37.3 Å². The third-order valence-corrected chi connectivity index (χ3v) is 4.62. The molecule has 4 rings (SSSR count). The molecule has 1 amide bonds. The van der Waals surface area contributed by atoms with Crippen LogP contribution in [0.25, 0.3) is 0 Å². The Morgan fingerprint density at radius 3 is 2.19 bits per heavy atom. The number of hydrogen-bond donors (Lipinski definition) is 3. The second-order valence-corrected chi connectivity index (χ2v) is 7.07. The van der Waals surface area contributed by atoms with E-state index in [0.29, 0.717) is 39.6 Å². The van der Waals surface area contributed by atoms with E-state index in [9.17, 15) is 4.79 Å². The highest BCUT2D eigenvalue weighted by Crippen LogP contribution is 2.22. The fraction of sp³-hybridized carbons (Fsp3) is 0.0435. The molecule has 0 aliphatic heterocycles. The maximum absolute atomic E-state index is 12.4. The van der Waals surface area contributed by atoms with Crippen LogP contribution in [0.15, 0.2) is 79.0 Å². The molecule has 31 heavy (non-hydrogen) atoms. The zero-order valence-electron chi connectivity index (χ0n) is 16.6. The van der Waals surface area contributed by atoms with E-state index in [1.54, 1.807) is 48.7 Å². The van der Waals surface area contributed by atoms with Crippen molar-refractivity contribution < 1.29 is 4.79 Å². The van der Waals surface area contributed by atoms with Crippen molar-refractivity contribution in [2.45, 2.75) is 6.92 Å². The van der Waals surface area contributed by atoms with Crippen LogP contribution in [0.2, 0.25) is 5.02 Å². The van der Waals surface area contributed by atoms with Crippen molar-refractivity contribution in [3.63, 3.8) is 0 Å². The summed E-state index contributed by atoms with van der Waals surface area (Å²) in [6.07, 6.45) is 1.71. The van der Waals surface area contributed by atoms with Crippen LogP contribution >= 0.6 is 11.6 Å². The fourth-order valence-electron chi connectivity index (χ4n) is 2.89. The smallest absolute Gasteiger partial charge is 0.257 e. The number of pyridine rings is 1. The number of hydrogen-bond acceptors (Lipinski definition) is 6. The molecule has 2 aromatic heterocycles.